The Morgan fingerprint density at radius 1 is 1.44 bits per heavy atom. The second-order valence-electron chi connectivity index (χ2n) is 4.98. The second kappa shape index (κ2) is 5.80. The molecule has 0 saturated carbocycles. The maximum Gasteiger partial charge on any atom is 0.0448 e. The van der Waals surface area contributed by atoms with Gasteiger partial charge in [0.15, 0.2) is 0 Å². The molecule has 1 heterocycles. The van der Waals surface area contributed by atoms with Crippen LogP contribution in [0.4, 0.5) is 0 Å². The van der Waals surface area contributed by atoms with Crippen LogP contribution in [0, 0.1) is 6.92 Å². The average Bonchev–Trinajstić information content (AvgIpc) is 2.60. The van der Waals surface area contributed by atoms with Gasteiger partial charge >= 0.3 is 0 Å². The first kappa shape index (κ1) is 13.7. The molecule has 0 radical (unpaired) electrons. The number of likely N-dealkylation sites (N-methyl/N-ethyl adjacent to an activating group) is 1. The zero-order valence-electron chi connectivity index (χ0n) is 10.8. The Morgan fingerprint density at radius 2 is 2.12 bits per heavy atom. The van der Waals surface area contributed by atoms with E-state index in [-0.39, 0.29) is 12.1 Å². The highest BCUT2D eigenvalue weighted by Crippen LogP contribution is 2.20. The first-order valence-corrected chi connectivity index (χ1v) is 6.70. The molecule has 0 bridgehead atoms. The molecule has 0 amide bonds. The Balaban J connectivity index is 2.46. The molecule has 0 fully saturated rings. The van der Waals surface area contributed by atoms with Gasteiger partial charge in [-0.05, 0) is 57.7 Å². The normalized spacial score (nSPS) is 12.4. The van der Waals surface area contributed by atoms with Gasteiger partial charge in [0, 0.05) is 23.6 Å². The molecule has 1 aromatic rings. The lowest BCUT2D eigenvalue weighted by Crippen LogP contribution is -2.42. The number of hydrogen-bond donors (Lipinski definition) is 1. The van der Waals surface area contributed by atoms with Crippen LogP contribution in [0.1, 0.15) is 30.7 Å². The van der Waals surface area contributed by atoms with Gasteiger partial charge in [-0.25, -0.2) is 0 Å². The Morgan fingerprint density at radius 3 is 2.62 bits per heavy atom. The first-order chi connectivity index (χ1) is 7.47. The van der Waals surface area contributed by atoms with Crippen LogP contribution in [-0.2, 0) is 6.42 Å². The smallest absolute Gasteiger partial charge is 0.0448 e. The molecule has 0 atom stereocenters. The summed E-state index contributed by atoms with van der Waals surface area (Å²) in [5.74, 6) is 0. The van der Waals surface area contributed by atoms with Crippen molar-refractivity contribution in [1.82, 2.24) is 4.90 Å². The van der Waals surface area contributed by atoms with Gasteiger partial charge in [-0.1, -0.05) is 0 Å². The summed E-state index contributed by atoms with van der Waals surface area (Å²) in [7, 11) is 2.14. The molecule has 1 aromatic heterocycles. The Bertz CT molecular complexity index is 319. The lowest BCUT2D eigenvalue weighted by atomic mass is 9.99. The molecular formula is C13H23NOS. The summed E-state index contributed by atoms with van der Waals surface area (Å²) in [4.78, 5) is 3.81. The van der Waals surface area contributed by atoms with Crippen LogP contribution in [0.5, 0.6) is 0 Å². The van der Waals surface area contributed by atoms with Crippen LogP contribution in [-0.4, -0.2) is 35.7 Å². The van der Waals surface area contributed by atoms with Gasteiger partial charge in [0.1, 0.15) is 0 Å². The fourth-order valence-electron chi connectivity index (χ4n) is 1.70. The van der Waals surface area contributed by atoms with Gasteiger partial charge in [0.2, 0.25) is 0 Å². The predicted octanol–water partition coefficient (Wildman–Crippen LogP) is 2.69. The molecule has 1 N–H and O–H groups in total. The lowest BCUT2D eigenvalue weighted by Gasteiger charge is -2.35. The van der Waals surface area contributed by atoms with Crippen LogP contribution in [0.2, 0.25) is 0 Å². The van der Waals surface area contributed by atoms with Gasteiger partial charge in [-0.15, -0.1) is 11.3 Å². The average molecular weight is 241 g/mol. The quantitative estimate of drug-likeness (QED) is 0.828. The summed E-state index contributed by atoms with van der Waals surface area (Å²) in [5.41, 5.74) is 1.48. The van der Waals surface area contributed by atoms with Gasteiger partial charge in [0.05, 0.1) is 0 Å². The summed E-state index contributed by atoms with van der Waals surface area (Å²) in [6.07, 6.45) is 1.93. The molecule has 0 aromatic carbocycles. The number of aliphatic hydroxyl groups is 1. The van der Waals surface area contributed by atoms with Crippen molar-refractivity contribution in [2.75, 3.05) is 20.2 Å². The number of hydrogen-bond acceptors (Lipinski definition) is 3. The van der Waals surface area contributed by atoms with Crippen molar-refractivity contribution >= 4 is 11.3 Å². The summed E-state index contributed by atoms with van der Waals surface area (Å²) in [5, 5.41) is 11.2. The molecule has 1 rings (SSSR count). The highest BCUT2D eigenvalue weighted by atomic mass is 32.1. The van der Waals surface area contributed by atoms with Crippen LogP contribution >= 0.6 is 11.3 Å². The van der Waals surface area contributed by atoms with Crippen molar-refractivity contribution in [3.63, 3.8) is 0 Å². The van der Waals surface area contributed by atoms with E-state index in [2.05, 4.69) is 44.2 Å². The standard InChI is InChI=1S/C13H23NOS/c1-11-6-10-16-12(11)5-8-14(4)13(2,3)7-9-15/h6,10,15H,5,7-9H2,1-4H3. The monoisotopic (exact) mass is 241 g/mol. The maximum absolute atomic E-state index is 9.02. The lowest BCUT2D eigenvalue weighted by molar-refractivity contribution is 0.118. The summed E-state index contributed by atoms with van der Waals surface area (Å²) in [6.45, 7) is 7.85. The Labute approximate surface area is 103 Å². The molecule has 0 unspecified atom stereocenters. The Kier molecular flexibility index (Phi) is 4.96. The molecule has 92 valence electrons. The minimum Gasteiger partial charge on any atom is -0.396 e. The third kappa shape index (κ3) is 3.58. The zero-order chi connectivity index (χ0) is 12.2. The number of aliphatic hydroxyl groups excluding tert-OH is 1. The molecule has 0 aliphatic rings. The topological polar surface area (TPSA) is 23.5 Å². The molecule has 0 aliphatic heterocycles. The van der Waals surface area contributed by atoms with E-state index in [1.165, 1.54) is 10.4 Å². The van der Waals surface area contributed by atoms with E-state index in [1.807, 2.05) is 11.3 Å². The van der Waals surface area contributed by atoms with Crippen LogP contribution in [0.25, 0.3) is 0 Å². The number of rotatable bonds is 6. The highest BCUT2D eigenvalue weighted by Gasteiger charge is 2.22. The molecule has 2 nitrogen and oxygen atoms in total. The molecule has 0 saturated heterocycles. The van der Waals surface area contributed by atoms with E-state index in [0.29, 0.717) is 0 Å². The van der Waals surface area contributed by atoms with E-state index in [1.54, 1.807) is 0 Å². The van der Waals surface area contributed by atoms with Crippen molar-refractivity contribution in [3.8, 4) is 0 Å². The minimum absolute atomic E-state index is 0.0832. The summed E-state index contributed by atoms with van der Waals surface area (Å²) in [6, 6.07) is 2.18. The highest BCUT2D eigenvalue weighted by molar-refractivity contribution is 7.10. The first-order valence-electron chi connectivity index (χ1n) is 5.82. The number of aryl methyl sites for hydroxylation is 1. The van der Waals surface area contributed by atoms with Gasteiger partial charge in [0.25, 0.3) is 0 Å². The second-order valence-corrected chi connectivity index (χ2v) is 5.99. The summed E-state index contributed by atoms with van der Waals surface area (Å²) >= 11 is 1.84. The largest absolute Gasteiger partial charge is 0.396 e. The molecule has 16 heavy (non-hydrogen) atoms. The fraction of sp³-hybridized carbons (Fsp3) is 0.692. The summed E-state index contributed by atoms with van der Waals surface area (Å²) < 4.78 is 0. The van der Waals surface area contributed by atoms with E-state index >= 15 is 0 Å². The third-order valence-corrected chi connectivity index (χ3v) is 4.48. The SMILES string of the molecule is Cc1ccsc1CCN(C)C(C)(C)CCO. The van der Waals surface area contributed by atoms with Crippen molar-refractivity contribution in [1.29, 1.82) is 0 Å². The van der Waals surface area contributed by atoms with Crippen LogP contribution < -0.4 is 0 Å². The number of thiophene rings is 1. The van der Waals surface area contributed by atoms with Crippen molar-refractivity contribution in [2.24, 2.45) is 0 Å². The van der Waals surface area contributed by atoms with E-state index in [9.17, 15) is 0 Å². The van der Waals surface area contributed by atoms with E-state index < -0.39 is 0 Å². The van der Waals surface area contributed by atoms with Crippen molar-refractivity contribution in [2.45, 2.75) is 39.2 Å². The van der Waals surface area contributed by atoms with Crippen molar-refractivity contribution in [3.05, 3.63) is 21.9 Å². The molecule has 3 heteroatoms. The van der Waals surface area contributed by atoms with E-state index in [0.717, 1.165) is 19.4 Å². The van der Waals surface area contributed by atoms with Gasteiger partial charge in [-0.3, -0.25) is 0 Å². The predicted molar refractivity (Wildman–Crippen MR) is 71.2 cm³/mol. The van der Waals surface area contributed by atoms with Crippen molar-refractivity contribution < 1.29 is 5.11 Å². The minimum atomic E-state index is 0.0832. The maximum atomic E-state index is 9.02. The molecule has 0 aliphatic carbocycles. The Hall–Kier alpha value is -0.380. The molecular weight excluding hydrogens is 218 g/mol. The zero-order valence-corrected chi connectivity index (χ0v) is 11.6. The fourth-order valence-corrected chi connectivity index (χ4v) is 2.60. The van der Waals surface area contributed by atoms with Crippen LogP contribution in [0.3, 0.4) is 0 Å². The third-order valence-electron chi connectivity index (χ3n) is 3.40. The van der Waals surface area contributed by atoms with Gasteiger partial charge < -0.3 is 10.0 Å². The molecule has 0 spiro atoms. The van der Waals surface area contributed by atoms with Gasteiger partial charge in [-0.2, -0.15) is 0 Å². The van der Waals surface area contributed by atoms with E-state index in [4.69, 9.17) is 5.11 Å². The van der Waals surface area contributed by atoms with Crippen LogP contribution in [0.15, 0.2) is 11.4 Å². The number of nitrogens with zero attached hydrogens (tertiary/aromatic N) is 1.